The molecule has 11 heteroatoms. The number of aromatic nitrogens is 5. The minimum atomic E-state index is -0.777. The van der Waals surface area contributed by atoms with E-state index in [2.05, 4.69) is 25.4 Å². The molecule has 5 rings (SSSR count). The maximum Gasteiger partial charge on any atom is 0.412 e. The molecular weight excluding hydrogens is 437 g/mol. The van der Waals surface area contributed by atoms with Crippen LogP contribution < -0.4 is 10.1 Å². The van der Waals surface area contributed by atoms with E-state index in [1.807, 2.05) is 31.0 Å². The first-order valence-corrected chi connectivity index (χ1v) is 10.6. The summed E-state index contributed by atoms with van der Waals surface area (Å²) in [5.74, 6) is 0.259. The zero-order valence-electron chi connectivity index (χ0n) is 17.5. The van der Waals surface area contributed by atoms with E-state index in [-0.39, 0.29) is 11.8 Å². The van der Waals surface area contributed by atoms with E-state index < -0.39 is 12.3 Å². The van der Waals surface area contributed by atoms with Crippen LogP contribution >= 0.6 is 11.6 Å². The third-order valence-corrected chi connectivity index (χ3v) is 5.65. The quantitative estimate of drug-likeness (QED) is 0.477. The fourth-order valence-corrected chi connectivity index (χ4v) is 4.07. The number of nitrogens with one attached hydrogen (secondary N) is 2. The third-order valence-electron chi connectivity index (χ3n) is 5.41. The predicted octanol–water partition coefficient (Wildman–Crippen LogP) is 3.30. The maximum atomic E-state index is 13.0. The number of halogens is 2. The van der Waals surface area contributed by atoms with Gasteiger partial charge in [-0.3, -0.25) is 9.58 Å². The number of likely N-dealkylation sites (tertiary alicyclic amines) is 1. The van der Waals surface area contributed by atoms with Crippen molar-refractivity contribution in [2.24, 2.45) is 7.05 Å². The largest absolute Gasteiger partial charge is 0.412 e. The number of amides is 1. The molecule has 1 saturated heterocycles. The van der Waals surface area contributed by atoms with Crippen LogP contribution in [0.25, 0.3) is 33.5 Å². The number of aryl methyl sites for hydroxylation is 1. The number of H-pyrrole nitrogens is 1. The molecule has 4 heterocycles. The zero-order chi connectivity index (χ0) is 22.4. The maximum absolute atomic E-state index is 13.0. The van der Waals surface area contributed by atoms with Crippen LogP contribution in [-0.4, -0.2) is 67.6 Å². The predicted molar refractivity (Wildman–Crippen MR) is 119 cm³/mol. The molecule has 3 aromatic heterocycles. The number of rotatable bonds is 5. The molecule has 1 aromatic carbocycles. The third kappa shape index (κ3) is 3.87. The Hall–Kier alpha value is -3.24. The van der Waals surface area contributed by atoms with Crippen molar-refractivity contribution in [1.82, 2.24) is 34.9 Å². The molecule has 0 aliphatic carbocycles. The van der Waals surface area contributed by atoms with Crippen LogP contribution in [0.3, 0.4) is 0 Å². The van der Waals surface area contributed by atoms with E-state index in [9.17, 15) is 9.18 Å². The number of ether oxygens (including phenoxy) is 1. The first kappa shape index (κ1) is 20.7. The van der Waals surface area contributed by atoms with Crippen molar-refractivity contribution >= 4 is 39.8 Å². The Morgan fingerprint density at radius 2 is 2.25 bits per heavy atom. The second kappa shape index (κ2) is 8.03. The lowest BCUT2D eigenvalue weighted by Crippen LogP contribution is -2.53. The fraction of sp³-hybridized carbons (Fsp3) is 0.333. The number of nitrogens with zero attached hydrogens (tertiary/aromatic N) is 5. The van der Waals surface area contributed by atoms with Crippen LogP contribution in [0.15, 0.2) is 30.6 Å². The average Bonchev–Trinajstić information content (AvgIpc) is 3.27. The van der Waals surface area contributed by atoms with Gasteiger partial charge in [0.25, 0.3) is 0 Å². The van der Waals surface area contributed by atoms with Gasteiger partial charge in [-0.15, -0.1) is 0 Å². The summed E-state index contributed by atoms with van der Waals surface area (Å²) >= 11 is 6.11. The van der Waals surface area contributed by atoms with Gasteiger partial charge in [-0.25, -0.2) is 19.2 Å². The molecule has 4 aromatic rings. The average molecular weight is 458 g/mol. The molecule has 166 valence electrons. The highest BCUT2D eigenvalue weighted by atomic mass is 35.5. The lowest BCUT2D eigenvalue weighted by molar-refractivity contribution is 0.0589. The number of hydrogen-bond acceptors (Lipinski definition) is 6. The molecule has 1 fully saturated rings. The lowest BCUT2D eigenvalue weighted by atomic mass is 10.1. The van der Waals surface area contributed by atoms with Crippen LogP contribution in [0.4, 0.5) is 9.18 Å². The van der Waals surface area contributed by atoms with Gasteiger partial charge in [-0.1, -0.05) is 11.6 Å². The van der Waals surface area contributed by atoms with Crippen LogP contribution in [0.1, 0.15) is 6.92 Å². The van der Waals surface area contributed by atoms with E-state index >= 15 is 0 Å². The van der Waals surface area contributed by atoms with Gasteiger partial charge in [0, 0.05) is 49.3 Å². The molecule has 1 aliphatic heterocycles. The normalized spacial score (nSPS) is 15.8. The van der Waals surface area contributed by atoms with Crippen LogP contribution in [0.2, 0.25) is 5.02 Å². The standard InChI is InChI=1S/C21H21ClFN7O2/c1-11(8-30-9-13(23)10-30)26-21(31)32-17-7-25-20-19(17)27-15(6-24-20)18-14-4-3-12(22)5-16(14)29(2)28-18/h3-7,11,13H,8-10H2,1-2H3,(H,24,25)(H,26,31)/t11-/m1/s1. The van der Waals surface area contributed by atoms with E-state index in [0.717, 1.165) is 10.9 Å². The monoisotopic (exact) mass is 457 g/mol. The van der Waals surface area contributed by atoms with Crippen molar-refractivity contribution in [3.63, 3.8) is 0 Å². The van der Waals surface area contributed by atoms with Crippen LogP contribution in [0.5, 0.6) is 5.75 Å². The Morgan fingerprint density at radius 3 is 3.03 bits per heavy atom. The highest BCUT2D eigenvalue weighted by Crippen LogP contribution is 2.30. The summed E-state index contributed by atoms with van der Waals surface area (Å²) in [5.41, 5.74) is 2.97. The smallest absolute Gasteiger partial charge is 0.406 e. The Balaban J connectivity index is 1.37. The molecule has 0 radical (unpaired) electrons. The second-order valence-corrected chi connectivity index (χ2v) is 8.43. The number of hydrogen-bond donors (Lipinski definition) is 2. The van der Waals surface area contributed by atoms with Crippen molar-refractivity contribution in [2.45, 2.75) is 19.1 Å². The molecule has 9 nitrogen and oxygen atoms in total. The Bertz CT molecular complexity index is 1310. The molecule has 32 heavy (non-hydrogen) atoms. The van der Waals surface area contributed by atoms with Gasteiger partial charge in [-0.2, -0.15) is 5.10 Å². The molecule has 1 atom stereocenters. The summed E-state index contributed by atoms with van der Waals surface area (Å²) in [6, 6.07) is 5.33. The van der Waals surface area contributed by atoms with Gasteiger partial charge >= 0.3 is 6.09 Å². The summed E-state index contributed by atoms with van der Waals surface area (Å²) < 4.78 is 20.2. The van der Waals surface area contributed by atoms with Gasteiger partial charge in [0.2, 0.25) is 0 Å². The number of alkyl halides is 1. The SMILES string of the molecule is C[C@H](CN1CC(F)C1)NC(=O)Oc1c[nH]c2ncc(-c3nn(C)c4cc(Cl)ccc34)nc12. The molecule has 0 bridgehead atoms. The van der Waals surface area contributed by atoms with E-state index in [0.29, 0.717) is 47.2 Å². The van der Waals surface area contributed by atoms with Crippen molar-refractivity contribution in [2.75, 3.05) is 19.6 Å². The minimum Gasteiger partial charge on any atom is -0.406 e. The van der Waals surface area contributed by atoms with Gasteiger partial charge in [0.1, 0.15) is 17.6 Å². The summed E-state index contributed by atoms with van der Waals surface area (Å²) in [5, 5.41) is 8.83. The summed E-state index contributed by atoms with van der Waals surface area (Å²) in [6.45, 7) is 3.20. The van der Waals surface area contributed by atoms with Gasteiger partial charge < -0.3 is 15.0 Å². The number of carbonyl (C=O) groups excluding carboxylic acids is 1. The summed E-state index contributed by atoms with van der Waals surface area (Å²) in [7, 11) is 1.83. The van der Waals surface area contributed by atoms with Crippen molar-refractivity contribution in [3.05, 3.63) is 35.6 Å². The molecule has 0 unspecified atom stereocenters. The Morgan fingerprint density at radius 1 is 1.44 bits per heavy atom. The number of carbonyl (C=O) groups is 1. The van der Waals surface area contributed by atoms with Gasteiger partial charge in [0.15, 0.2) is 16.9 Å². The highest BCUT2D eigenvalue weighted by Gasteiger charge is 2.27. The lowest BCUT2D eigenvalue weighted by Gasteiger charge is -2.35. The number of benzene rings is 1. The van der Waals surface area contributed by atoms with Crippen LogP contribution in [0, 0.1) is 0 Å². The molecular formula is C21H21ClFN7O2. The second-order valence-electron chi connectivity index (χ2n) is 7.99. The fourth-order valence-electron chi connectivity index (χ4n) is 3.90. The molecule has 0 spiro atoms. The van der Waals surface area contributed by atoms with E-state index in [1.54, 1.807) is 16.9 Å². The first-order chi connectivity index (χ1) is 15.4. The Labute approximate surface area is 187 Å². The molecule has 2 N–H and O–H groups in total. The molecule has 1 amide bonds. The minimum absolute atomic E-state index is 0.187. The molecule has 1 aliphatic rings. The summed E-state index contributed by atoms with van der Waals surface area (Å²) in [4.78, 5) is 26.3. The highest BCUT2D eigenvalue weighted by molar-refractivity contribution is 6.31. The van der Waals surface area contributed by atoms with E-state index in [4.69, 9.17) is 16.3 Å². The number of aromatic amines is 1. The topological polar surface area (TPSA) is 101 Å². The molecule has 0 saturated carbocycles. The zero-order valence-corrected chi connectivity index (χ0v) is 18.2. The summed E-state index contributed by atoms with van der Waals surface area (Å²) in [6.07, 6.45) is 1.77. The Kier molecular flexibility index (Phi) is 5.18. The van der Waals surface area contributed by atoms with Crippen molar-refractivity contribution in [1.29, 1.82) is 0 Å². The van der Waals surface area contributed by atoms with Crippen molar-refractivity contribution < 1.29 is 13.9 Å². The first-order valence-electron chi connectivity index (χ1n) is 10.2. The van der Waals surface area contributed by atoms with E-state index in [1.165, 1.54) is 6.20 Å². The van der Waals surface area contributed by atoms with Crippen LogP contribution in [-0.2, 0) is 7.05 Å². The number of fused-ring (bicyclic) bond motifs is 2. The van der Waals surface area contributed by atoms with Gasteiger partial charge in [0.05, 0.1) is 11.7 Å². The van der Waals surface area contributed by atoms with Gasteiger partial charge in [-0.05, 0) is 25.1 Å². The van der Waals surface area contributed by atoms with Crippen molar-refractivity contribution in [3.8, 4) is 17.1 Å².